The van der Waals surface area contributed by atoms with Gasteiger partial charge in [-0.1, -0.05) is 20.8 Å². The van der Waals surface area contributed by atoms with Gasteiger partial charge in [0, 0.05) is 43.6 Å². The molecule has 0 aliphatic heterocycles. The van der Waals surface area contributed by atoms with E-state index in [-0.39, 0.29) is 40.9 Å². The number of carbonyl (C=O) groups excluding carboxylic acids is 2. The fourth-order valence-electron chi connectivity index (χ4n) is 6.09. The third-order valence-corrected chi connectivity index (χ3v) is 8.97. The average Bonchev–Trinajstić information content (AvgIpc) is 3.39. The number of fused-ring (bicyclic) bond motifs is 2. The van der Waals surface area contributed by atoms with E-state index in [1.165, 1.54) is 16.2 Å². The fourth-order valence-corrected chi connectivity index (χ4v) is 7.35. The van der Waals surface area contributed by atoms with Gasteiger partial charge < -0.3 is 19.7 Å². The van der Waals surface area contributed by atoms with Gasteiger partial charge in [0.15, 0.2) is 5.13 Å². The van der Waals surface area contributed by atoms with E-state index < -0.39 is 6.10 Å². The first kappa shape index (κ1) is 24.9. The molecule has 2 aliphatic rings. The zero-order valence-electron chi connectivity index (χ0n) is 20.6. The smallest absolute Gasteiger partial charge is 0.274 e. The molecule has 186 valence electrons. The highest BCUT2D eigenvalue weighted by molar-refractivity contribution is 7.15. The lowest BCUT2D eigenvalue weighted by atomic mass is 9.53. The van der Waals surface area contributed by atoms with Crippen LogP contribution in [0.15, 0.2) is 18.3 Å². The van der Waals surface area contributed by atoms with Crippen LogP contribution in [0.4, 0.5) is 5.13 Å². The first-order valence-electron chi connectivity index (χ1n) is 12.0. The Morgan fingerprint density at radius 3 is 2.88 bits per heavy atom. The van der Waals surface area contributed by atoms with Crippen molar-refractivity contribution < 1.29 is 19.4 Å². The summed E-state index contributed by atoms with van der Waals surface area (Å²) in [6.45, 7) is 7.23. The molecule has 0 radical (unpaired) electrons. The summed E-state index contributed by atoms with van der Waals surface area (Å²) >= 11 is 1.54. The Balaban J connectivity index is 1.51. The number of nitrogens with zero attached hydrogens (tertiary/aromatic N) is 2. The number of ether oxygens (including phenoxy) is 1. The Morgan fingerprint density at radius 2 is 2.21 bits per heavy atom. The zero-order valence-corrected chi connectivity index (χ0v) is 21.4. The fraction of sp³-hybridized carbons (Fsp3) is 0.640. The molecule has 8 nitrogen and oxygen atoms in total. The topological polar surface area (TPSA) is 105 Å². The summed E-state index contributed by atoms with van der Waals surface area (Å²) in [5, 5.41) is 18.0. The second-order valence-corrected chi connectivity index (χ2v) is 11.3. The summed E-state index contributed by atoms with van der Waals surface area (Å²) in [4.78, 5) is 31.3. The molecule has 9 heteroatoms. The van der Waals surface area contributed by atoms with Crippen molar-refractivity contribution in [3.63, 3.8) is 0 Å². The molecule has 3 N–H and O–H groups in total. The number of hydrogen-bond acceptors (Lipinski definition) is 6. The van der Waals surface area contributed by atoms with E-state index in [2.05, 4.69) is 24.5 Å². The van der Waals surface area contributed by atoms with Gasteiger partial charge in [-0.2, -0.15) is 0 Å². The Bertz CT molecular complexity index is 1050. The first-order valence-corrected chi connectivity index (χ1v) is 12.8. The molecule has 0 aromatic carbocycles. The molecule has 1 fully saturated rings. The van der Waals surface area contributed by atoms with Gasteiger partial charge in [0.25, 0.3) is 5.91 Å². The first-order chi connectivity index (χ1) is 16.2. The third-order valence-electron chi connectivity index (χ3n) is 7.98. The van der Waals surface area contributed by atoms with Crippen molar-refractivity contribution in [3.05, 3.63) is 34.6 Å². The summed E-state index contributed by atoms with van der Waals surface area (Å²) in [7, 11) is 3.45. The molecule has 1 saturated carbocycles. The molecular weight excluding hydrogens is 452 g/mol. The molecule has 0 saturated heterocycles. The van der Waals surface area contributed by atoms with Gasteiger partial charge in [-0.25, -0.2) is 4.98 Å². The monoisotopic (exact) mass is 488 g/mol. The maximum Gasteiger partial charge on any atom is 0.274 e. The van der Waals surface area contributed by atoms with Crippen LogP contribution in [-0.2, 0) is 23.0 Å². The van der Waals surface area contributed by atoms with Crippen molar-refractivity contribution in [3.8, 4) is 0 Å². The number of hydrogen-bond donors (Lipinski definition) is 3. The molecule has 6 atom stereocenters. The predicted molar refractivity (Wildman–Crippen MR) is 132 cm³/mol. The SMILES string of the molecule is COCCNC(=O)C(C)C1CCC2(C)Cc3sc(NC(=O)c4cccn4C)nc3C(C)C2C1O. The van der Waals surface area contributed by atoms with Crippen LogP contribution in [0, 0.1) is 23.2 Å². The van der Waals surface area contributed by atoms with Gasteiger partial charge in [-0.3, -0.25) is 14.9 Å². The highest BCUT2D eigenvalue weighted by Crippen LogP contribution is 2.57. The second kappa shape index (κ2) is 9.79. The van der Waals surface area contributed by atoms with E-state index in [0.29, 0.717) is 24.0 Å². The normalized spacial score (nSPS) is 29.1. The molecule has 0 spiro atoms. The summed E-state index contributed by atoms with van der Waals surface area (Å²) < 4.78 is 6.81. The van der Waals surface area contributed by atoms with E-state index in [1.807, 2.05) is 26.2 Å². The van der Waals surface area contributed by atoms with Gasteiger partial charge in [0.05, 0.1) is 18.4 Å². The van der Waals surface area contributed by atoms with Crippen LogP contribution in [0.1, 0.15) is 60.6 Å². The van der Waals surface area contributed by atoms with E-state index in [4.69, 9.17) is 9.72 Å². The largest absolute Gasteiger partial charge is 0.392 e. The van der Waals surface area contributed by atoms with Gasteiger partial charge in [0.1, 0.15) is 5.69 Å². The lowest BCUT2D eigenvalue weighted by Crippen LogP contribution is -2.53. The lowest BCUT2D eigenvalue weighted by molar-refractivity contribution is -0.135. The number of anilines is 1. The Kier molecular flexibility index (Phi) is 7.17. The summed E-state index contributed by atoms with van der Waals surface area (Å²) in [5.74, 6) is -0.546. The van der Waals surface area contributed by atoms with E-state index >= 15 is 0 Å². The number of aliphatic hydroxyl groups excluding tert-OH is 1. The minimum absolute atomic E-state index is 0.00602. The van der Waals surface area contributed by atoms with Crippen LogP contribution in [0.3, 0.4) is 0 Å². The lowest BCUT2D eigenvalue weighted by Gasteiger charge is -2.53. The van der Waals surface area contributed by atoms with Crippen LogP contribution in [0.5, 0.6) is 0 Å². The van der Waals surface area contributed by atoms with E-state index in [0.717, 1.165) is 25.0 Å². The van der Waals surface area contributed by atoms with Crippen LogP contribution in [0.25, 0.3) is 0 Å². The molecule has 2 aliphatic carbocycles. The molecule has 4 rings (SSSR count). The van der Waals surface area contributed by atoms with Crippen molar-refractivity contribution in [2.75, 3.05) is 25.6 Å². The number of carbonyl (C=O) groups is 2. The van der Waals surface area contributed by atoms with Crippen LogP contribution < -0.4 is 10.6 Å². The number of nitrogens with one attached hydrogen (secondary N) is 2. The maximum atomic E-state index is 12.7. The number of aromatic nitrogens is 2. The summed E-state index contributed by atoms with van der Waals surface area (Å²) in [5.41, 5.74) is 1.48. The maximum absolute atomic E-state index is 12.7. The molecule has 6 unspecified atom stereocenters. The summed E-state index contributed by atoms with van der Waals surface area (Å²) in [6, 6.07) is 3.62. The number of amides is 2. The Labute approximate surface area is 205 Å². The van der Waals surface area contributed by atoms with Crippen LogP contribution in [0.2, 0.25) is 0 Å². The summed E-state index contributed by atoms with van der Waals surface area (Å²) in [6.07, 6.45) is 3.83. The zero-order chi connectivity index (χ0) is 24.6. The quantitative estimate of drug-likeness (QED) is 0.519. The van der Waals surface area contributed by atoms with Crippen molar-refractivity contribution in [1.82, 2.24) is 14.9 Å². The van der Waals surface area contributed by atoms with Gasteiger partial charge in [-0.05, 0) is 48.6 Å². The molecule has 34 heavy (non-hydrogen) atoms. The van der Waals surface area contributed by atoms with E-state index in [9.17, 15) is 14.7 Å². The van der Waals surface area contributed by atoms with Crippen LogP contribution >= 0.6 is 11.3 Å². The third kappa shape index (κ3) is 4.53. The molecule has 2 aromatic rings. The Morgan fingerprint density at radius 1 is 1.44 bits per heavy atom. The van der Waals surface area contributed by atoms with Gasteiger partial charge >= 0.3 is 0 Å². The van der Waals surface area contributed by atoms with Crippen LogP contribution in [-0.4, -0.2) is 52.8 Å². The number of rotatable bonds is 7. The van der Waals surface area contributed by atoms with Crippen molar-refractivity contribution in [1.29, 1.82) is 0 Å². The molecular formula is C25H36N4O4S. The second-order valence-electron chi connectivity index (χ2n) is 10.2. The van der Waals surface area contributed by atoms with E-state index in [1.54, 1.807) is 17.7 Å². The number of aryl methyl sites for hydroxylation is 1. The highest BCUT2D eigenvalue weighted by atomic mass is 32.1. The molecule has 2 heterocycles. The number of methoxy groups -OCH3 is 1. The minimum atomic E-state index is -0.590. The molecule has 2 aromatic heterocycles. The number of thiazole rings is 1. The van der Waals surface area contributed by atoms with Crippen molar-refractivity contribution >= 4 is 28.3 Å². The standard InChI is InChI=1S/C25H36N4O4S/c1-14(22(31)26-10-12-33-5)16-8-9-25(3)13-18-20(15(2)19(25)21(16)30)27-24(34-18)28-23(32)17-7-6-11-29(17)4/h6-7,11,14-16,19,21,30H,8-10,12-13H2,1-5H3,(H,26,31)(H,27,28,32). The average molecular weight is 489 g/mol. The minimum Gasteiger partial charge on any atom is -0.392 e. The van der Waals surface area contributed by atoms with Crippen molar-refractivity contribution in [2.24, 2.45) is 30.2 Å². The van der Waals surface area contributed by atoms with Gasteiger partial charge in [0.2, 0.25) is 5.91 Å². The number of aliphatic hydroxyl groups is 1. The predicted octanol–water partition coefficient (Wildman–Crippen LogP) is 3.19. The highest BCUT2D eigenvalue weighted by Gasteiger charge is 2.53. The van der Waals surface area contributed by atoms with Gasteiger partial charge in [-0.15, -0.1) is 11.3 Å². The molecule has 2 amide bonds. The van der Waals surface area contributed by atoms with Crippen molar-refractivity contribution in [2.45, 2.75) is 52.1 Å². The molecule has 0 bridgehead atoms. The Hall–Kier alpha value is -2.23.